The first kappa shape index (κ1) is 29.2. The van der Waals surface area contributed by atoms with Crippen molar-refractivity contribution in [2.24, 2.45) is 7.05 Å². The topological polar surface area (TPSA) is 106 Å². The number of nitrogens with zero attached hydrogens (tertiary/aromatic N) is 7. The predicted octanol–water partition coefficient (Wildman–Crippen LogP) is 6.38. The van der Waals surface area contributed by atoms with Crippen molar-refractivity contribution in [1.29, 1.82) is 0 Å². The molecule has 2 aromatic carbocycles. The summed E-state index contributed by atoms with van der Waals surface area (Å²) in [5, 5.41) is 12.4. The Labute approximate surface area is 259 Å². The summed E-state index contributed by atoms with van der Waals surface area (Å²) in [5.74, 6) is 1.63. The fourth-order valence-corrected chi connectivity index (χ4v) is 6.81. The molecule has 2 N–H and O–H groups in total. The van der Waals surface area contributed by atoms with Crippen LogP contribution in [0, 0.1) is 0 Å². The number of aromatic nitrogens is 6. The molecule has 0 aliphatic carbocycles. The summed E-state index contributed by atoms with van der Waals surface area (Å²) in [6, 6.07) is 7.99. The molecule has 3 aromatic heterocycles. The predicted molar refractivity (Wildman–Crippen MR) is 176 cm³/mol. The fourth-order valence-electron chi connectivity index (χ4n) is 5.32. The van der Waals surface area contributed by atoms with E-state index in [2.05, 4.69) is 64.8 Å². The Morgan fingerprint density at radius 2 is 1.81 bits per heavy atom. The van der Waals surface area contributed by atoms with Crippen molar-refractivity contribution in [2.45, 2.75) is 19.0 Å². The first-order valence-corrected chi connectivity index (χ1v) is 16.9. The molecule has 1 fully saturated rings. The minimum absolute atomic E-state index is 0.393. The van der Waals surface area contributed by atoms with E-state index in [-0.39, 0.29) is 0 Å². The molecule has 10 nitrogen and oxygen atoms in total. The quantitative estimate of drug-likeness (QED) is 0.183. The third-order valence-corrected chi connectivity index (χ3v) is 9.33. The highest BCUT2D eigenvalue weighted by molar-refractivity contribution is 9.10. The largest absolute Gasteiger partial charge is 0.494 e. The van der Waals surface area contributed by atoms with Gasteiger partial charge in [-0.05, 0) is 60.3 Å². The number of alkyl halides is 1. The standard InChI is InChI=1S/C30H32BrFN9OP/c1-40-17-18(15-36-40)20-13-24(26(42-2)14-25(20)41-11-7-19(32)8-12-41)38-30-35-16-21(31)29(39-30)37-23-6-5-22-27(28(23)43(3)4)34-10-9-33-22/h5-6,9-10,13-17,19H,7-8,11-12H2,1-4H3,(H2,35,37,38,39). The van der Waals surface area contributed by atoms with Crippen molar-refractivity contribution in [1.82, 2.24) is 29.7 Å². The van der Waals surface area contributed by atoms with Gasteiger partial charge in [0.25, 0.3) is 0 Å². The summed E-state index contributed by atoms with van der Waals surface area (Å²) in [4.78, 5) is 20.6. The third kappa shape index (κ3) is 6.12. The number of halogens is 2. The van der Waals surface area contributed by atoms with Gasteiger partial charge in [0.2, 0.25) is 5.95 Å². The summed E-state index contributed by atoms with van der Waals surface area (Å²) >= 11 is 3.61. The zero-order valence-electron chi connectivity index (χ0n) is 24.3. The van der Waals surface area contributed by atoms with Crippen LogP contribution in [-0.4, -0.2) is 69.4 Å². The van der Waals surface area contributed by atoms with Crippen LogP contribution in [0.1, 0.15) is 12.8 Å². The molecule has 5 aromatic rings. The lowest BCUT2D eigenvalue weighted by Crippen LogP contribution is -2.34. The maximum Gasteiger partial charge on any atom is 0.229 e. The molecule has 0 radical (unpaired) electrons. The number of ether oxygens (including phenoxy) is 1. The Bertz CT molecular complexity index is 1770. The van der Waals surface area contributed by atoms with Crippen LogP contribution >= 0.6 is 23.9 Å². The van der Waals surface area contributed by atoms with Crippen LogP contribution in [0.25, 0.3) is 22.2 Å². The molecule has 0 amide bonds. The lowest BCUT2D eigenvalue weighted by molar-refractivity contribution is 0.277. The monoisotopic (exact) mass is 663 g/mol. The number of anilines is 5. The molecule has 4 heterocycles. The van der Waals surface area contributed by atoms with Crippen LogP contribution in [-0.2, 0) is 7.05 Å². The van der Waals surface area contributed by atoms with Gasteiger partial charge in [-0.15, -0.1) is 0 Å². The van der Waals surface area contributed by atoms with Gasteiger partial charge in [0, 0.05) is 78.8 Å². The molecule has 0 spiro atoms. The number of nitrogens with one attached hydrogen (secondary N) is 2. The molecule has 0 bridgehead atoms. The van der Waals surface area contributed by atoms with Gasteiger partial charge < -0.3 is 20.3 Å². The molecule has 6 rings (SSSR count). The summed E-state index contributed by atoms with van der Waals surface area (Å²) in [5.41, 5.74) is 6.26. The van der Waals surface area contributed by atoms with E-state index in [1.54, 1.807) is 30.4 Å². The minimum atomic E-state index is -0.765. The smallest absolute Gasteiger partial charge is 0.229 e. The minimum Gasteiger partial charge on any atom is -0.494 e. The Balaban J connectivity index is 1.36. The van der Waals surface area contributed by atoms with E-state index in [1.807, 2.05) is 43.7 Å². The van der Waals surface area contributed by atoms with E-state index in [0.29, 0.717) is 49.1 Å². The maximum absolute atomic E-state index is 14.0. The van der Waals surface area contributed by atoms with Crippen molar-refractivity contribution < 1.29 is 9.13 Å². The number of rotatable bonds is 8. The normalized spacial score (nSPS) is 14.0. The van der Waals surface area contributed by atoms with Gasteiger partial charge in [0.1, 0.15) is 17.7 Å². The zero-order valence-corrected chi connectivity index (χ0v) is 26.8. The number of fused-ring (bicyclic) bond motifs is 1. The molecule has 1 saturated heterocycles. The average molecular weight is 665 g/mol. The molecule has 0 atom stereocenters. The third-order valence-electron chi connectivity index (χ3n) is 7.40. The van der Waals surface area contributed by atoms with Crippen LogP contribution < -0.4 is 25.6 Å². The van der Waals surface area contributed by atoms with Gasteiger partial charge in [0.15, 0.2) is 0 Å². The number of hydrogen-bond acceptors (Lipinski definition) is 9. The second-order valence-electron chi connectivity index (χ2n) is 10.6. The molecular formula is C30H32BrFN9OP. The number of aryl methyl sites for hydroxylation is 1. The first-order valence-electron chi connectivity index (χ1n) is 13.9. The Kier molecular flexibility index (Phi) is 8.41. The number of benzene rings is 2. The lowest BCUT2D eigenvalue weighted by Gasteiger charge is -2.32. The van der Waals surface area contributed by atoms with Crippen molar-refractivity contribution in [3.8, 4) is 16.9 Å². The molecule has 222 valence electrons. The summed E-state index contributed by atoms with van der Waals surface area (Å²) in [6.45, 7) is 5.66. The van der Waals surface area contributed by atoms with Gasteiger partial charge in [0.05, 0.1) is 34.5 Å². The van der Waals surface area contributed by atoms with Gasteiger partial charge in [-0.25, -0.2) is 9.37 Å². The van der Waals surface area contributed by atoms with Gasteiger partial charge in [-0.1, -0.05) is 7.92 Å². The Morgan fingerprint density at radius 3 is 2.53 bits per heavy atom. The molecule has 43 heavy (non-hydrogen) atoms. The van der Waals surface area contributed by atoms with Gasteiger partial charge in [-0.2, -0.15) is 10.1 Å². The molecule has 1 aliphatic rings. The summed E-state index contributed by atoms with van der Waals surface area (Å²) < 4.78 is 22.3. The van der Waals surface area contributed by atoms with Crippen molar-refractivity contribution in [3.05, 3.63) is 59.7 Å². The fraction of sp³-hybridized carbons (Fsp3) is 0.300. The van der Waals surface area contributed by atoms with Crippen molar-refractivity contribution in [2.75, 3.05) is 49.1 Å². The highest BCUT2D eigenvalue weighted by Crippen LogP contribution is 2.41. The SMILES string of the molecule is COc1cc(N2CCC(F)CC2)c(-c2cnn(C)c2)cc1Nc1ncc(Br)c(Nc2ccc3nccnc3c2P(C)C)n1. The van der Waals surface area contributed by atoms with E-state index in [0.717, 1.165) is 43.3 Å². The Morgan fingerprint density at radius 1 is 1.02 bits per heavy atom. The van der Waals surface area contributed by atoms with Crippen molar-refractivity contribution >= 4 is 69.0 Å². The van der Waals surface area contributed by atoms with Gasteiger partial charge >= 0.3 is 0 Å². The second-order valence-corrected chi connectivity index (χ2v) is 13.6. The number of hydrogen-bond donors (Lipinski definition) is 2. The zero-order chi connectivity index (χ0) is 30.1. The second kappa shape index (κ2) is 12.4. The molecular weight excluding hydrogens is 632 g/mol. The van der Waals surface area contributed by atoms with Crippen LogP contribution in [0.2, 0.25) is 0 Å². The van der Waals surface area contributed by atoms with Crippen LogP contribution in [0.4, 0.5) is 33.2 Å². The van der Waals surface area contributed by atoms with E-state index in [1.165, 1.54) is 0 Å². The lowest BCUT2D eigenvalue weighted by atomic mass is 10.0. The highest BCUT2D eigenvalue weighted by Gasteiger charge is 2.24. The van der Waals surface area contributed by atoms with Crippen LogP contribution in [0.15, 0.2) is 59.7 Å². The van der Waals surface area contributed by atoms with Gasteiger partial charge in [-0.3, -0.25) is 14.6 Å². The van der Waals surface area contributed by atoms with E-state index in [9.17, 15) is 4.39 Å². The molecule has 0 unspecified atom stereocenters. The summed E-state index contributed by atoms with van der Waals surface area (Å²) in [6.07, 6.45) is 9.17. The number of methoxy groups -OCH3 is 1. The van der Waals surface area contributed by atoms with Crippen molar-refractivity contribution in [3.63, 3.8) is 0 Å². The van der Waals surface area contributed by atoms with E-state index in [4.69, 9.17) is 9.72 Å². The van der Waals surface area contributed by atoms with Crippen LogP contribution in [0.3, 0.4) is 0 Å². The first-order chi connectivity index (χ1) is 20.8. The highest BCUT2D eigenvalue weighted by atomic mass is 79.9. The summed E-state index contributed by atoms with van der Waals surface area (Å²) in [7, 11) is 3.02. The van der Waals surface area contributed by atoms with E-state index < -0.39 is 14.1 Å². The maximum atomic E-state index is 14.0. The molecule has 0 saturated carbocycles. The van der Waals surface area contributed by atoms with Crippen LogP contribution in [0.5, 0.6) is 5.75 Å². The molecule has 1 aliphatic heterocycles. The van der Waals surface area contributed by atoms with E-state index >= 15 is 0 Å². The average Bonchev–Trinajstić information content (AvgIpc) is 3.44. The molecule has 13 heteroatoms. The number of piperidine rings is 1. The Hall–Kier alpha value is -3.89.